The molecule has 154 valence electrons. The van der Waals surface area contributed by atoms with E-state index in [0.29, 0.717) is 12.7 Å². The number of hydrogen-bond donors (Lipinski definition) is 3. The SMILES string of the molecule is COc1ccc(-c2cc(Nc3ccc(OCCCC4CNCCO4)cc3)n[nH]2)s1. The van der Waals surface area contributed by atoms with E-state index in [4.69, 9.17) is 14.2 Å². The van der Waals surface area contributed by atoms with Crippen molar-refractivity contribution in [3.05, 3.63) is 42.5 Å². The zero-order valence-corrected chi connectivity index (χ0v) is 17.3. The molecule has 1 aliphatic rings. The minimum Gasteiger partial charge on any atom is -0.494 e. The second kappa shape index (κ2) is 9.78. The fourth-order valence-electron chi connectivity index (χ4n) is 3.18. The van der Waals surface area contributed by atoms with Crippen LogP contribution in [0.25, 0.3) is 10.6 Å². The van der Waals surface area contributed by atoms with Crippen LogP contribution in [0.15, 0.2) is 42.5 Å². The molecule has 4 rings (SSSR count). The fraction of sp³-hybridized carbons (Fsp3) is 0.381. The van der Waals surface area contributed by atoms with E-state index in [1.165, 1.54) is 0 Å². The number of nitrogens with zero attached hydrogens (tertiary/aromatic N) is 1. The molecule has 3 heterocycles. The summed E-state index contributed by atoms with van der Waals surface area (Å²) in [6.07, 6.45) is 2.31. The van der Waals surface area contributed by atoms with Crippen LogP contribution < -0.4 is 20.1 Å². The molecule has 7 nitrogen and oxygen atoms in total. The Morgan fingerprint density at radius 1 is 1.24 bits per heavy atom. The van der Waals surface area contributed by atoms with Gasteiger partial charge in [-0.1, -0.05) is 11.3 Å². The lowest BCUT2D eigenvalue weighted by Crippen LogP contribution is -2.38. The molecular weight excluding hydrogens is 388 g/mol. The fourth-order valence-corrected chi connectivity index (χ4v) is 3.96. The lowest BCUT2D eigenvalue weighted by molar-refractivity contribution is 0.0204. The second-order valence-corrected chi connectivity index (χ2v) is 7.87. The van der Waals surface area contributed by atoms with E-state index in [-0.39, 0.29) is 0 Å². The van der Waals surface area contributed by atoms with E-state index in [2.05, 4.69) is 20.8 Å². The molecule has 3 aromatic rings. The molecule has 1 aromatic carbocycles. The van der Waals surface area contributed by atoms with Crippen LogP contribution in [0.1, 0.15) is 12.8 Å². The van der Waals surface area contributed by atoms with Gasteiger partial charge >= 0.3 is 0 Å². The number of benzene rings is 1. The average molecular weight is 415 g/mol. The maximum Gasteiger partial charge on any atom is 0.173 e. The molecule has 1 fully saturated rings. The summed E-state index contributed by atoms with van der Waals surface area (Å²) in [7, 11) is 1.67. The van der Waals surface area contributed by atoms with Gasteiger partial charge in [-0.15, -0.1) is 0 Å². The zero-order chi connectivity index (χ0) is 19.9. The van der Waals surface area contributed by atoms with E-state index < -0.39 is 0 Å². The number of morpholine rings is 1. The van der Waals surface area contributed by atoms with Crippen molar-refractivity contribution in [2.45, 2.75) is 18.9 Å². The van der Waals surface area contributed by atoms with Gasteiger partial charge in [-0.25, -0.2) is 0 Å². The third kappa shape index (κ3) is 5.50. The first-order valence-corrected chi connectivity index (χ1v) is 10.6. The van der Waals surface area contributed by atoms with Crippen molar-refractivity contribution < 1.29 is 14.2 Å². The third-order valence-electron chi connectivity index (χ3n) is 4.70. The first-order chi connectivity index (χ1) is 14.3. The first-order valence-electron chi connectivity index (χ1n) is 9.82. The maximum absolute atomic E-state index is 5.84. The van der Waals surface area contributed by atoms with E-state index in [9.17, 15) is 0 Å². The largest absolute Gasteiger partial charge is 0.494 e. The first kappa shape index (κ1) is 19.8. The van der Waals surface area contributed by atoms with Gasteiger partial charge in [0.15, 0.2) is 10.9 Å². The number of rotatable bonds is 9. The molecule has 29 heavy (non-hydrogen) atoms. The number of hydrogen-bond acceptors (Lipinski definition) is 7. The van der Waals surface area contributed by atoms with E-state index in [1.807, 2.05) is 42.5 Å². The van der Waals surface area contributed by atoms with Gasteiger partial charge in [0.2, 0.25) is 0 Å². The van der Waals surface area contributed by atoms with Gasteiger partial charge in [-0.3, -0.25) is 5.10 Å². The predicted octanol–water partition coefficient (Wildman–Crippen LogP) is 4.04. The Hall–Kier alpha value is -2.55. The zero-order valence-electron chi connectivity index (χ0n) is 16.4. The number of anilines is 2. The van der Waals surface area contributed by atoms with Crippen molar-refractivity contribution in [1.82, 2.24) is 15.5 Å². The van der Waals surface area contributed by atoms with Gasteiger partial charge < -0.3 is 24.8 Å². The van der Waals surface area contributed by atoms with Crippen LogP contribution in [0.2, 0.25) is 0 Å². The quantitative estimate of drug-likeness (QED) is 0.459. The highest BCUT2D eigenvalue weighted by molar-refractivity contribution is 7.17. The van der Waals surface area contributed by atoms with Gasteiger partial charge in [0.05, 0.1) is 37.0 Å². The summed E-state index contributed by atoms with van der Waals surface area (Å²) < 4.78 is 16.8. The van der Waals surface area contributed by atoms with Crippen molar-refractivity contribution in [1.29, 1.82) is 0 Å². The number of aromatic amines is 1. The highest BCUT2D eigenvalue weighted by Crippen LogP contribution is 2.32. The maximum atomic E-state index is 5.84. The molecule has 3 N–H and O–H groups in total. The molecule has 2 aromatic heterocycles. The molecule has 0 saturated carbocycles. The molecule has 0 spiro atoms. The summed E-state index contributed by atoms with van der Waals surface area (Å²) in [4.78, 5) is 1.08. The molecule has 0 amide bonds. The predicted molar refractivity (Wildman–Crippen MR) is 116 cm³/mol. The molecule has 1 unspecified atom stereocenters. The van der Waals surface area contributed by atoms with Crippen molar-refractivity contribution in [3.63, 3.8) is 0 Å². The van der Waals surface area contributed by atoms with Gasteiger partial charge in [-0.2, -0.15) is 5.10 Å². The summed E-state index contributed by atoms with van der Waals surface area (Å²) >= 11 is 1.58. The summed E-state index contributed by atoms with van der Waals surface area (Å²) in [5, 5.41) is 14.9. The molecule has 1 saturated heterocycles. The Balaban J connectivity index is 1.24. The van der Waals surface area contributed by atoms with Crippen LogP contribution in [0, 0.1) is 0 Å². The number of H-pyrrole nitrogens is 1. The Labute approximate surface area is 174 Å². The van der Waals surface area contributed by atoms with Gasteiger partial charge in [-0.05, 0) is 49.2 Å². The highest BCUT2D eigenvalue weighted by atomic mass is 32.1. The van der Waals surface area contributed by atoms with Crippen LogP contribution in [0.5, 0.6) is 10.8 Å². The monoisotopic (exact) mass is 414 g/mol. The second-order valence-electron chi connectivity index (χ2n) is 6.83. The smallest absolute Gasteiger partial charge is 0.173 e. The lowest BCUT2D eigenvalue weighted by Gasteiger charge is -2.23. The summed E-state index contributed by atoms with van der Waals surface area (Å²) in [5.74, 6) is 1.63. The molecule has 0 bridgehead atoms. The van der Waals surface area contributed by atoms with Crippen LogP contribution in [-0.4, -0.2) is 49.7 Å². The minimum atomic E-state index is 0.313. The topological polar surface area (TPSA) is 80.4 Å². The number of aromatic nitrogens is 2. The number of thiophene rings is 1. The summed E-state index contributed by atoms with van der Waals surface area (Å²) in [6.45, 7) is 3.39. The van der Waals surface area contributed by atoms with Gasteiger partial charge in [0.25, 0.3) is 0 Å². The highest BCUT2D eigenvalue weighted by Gasteiger charge is 2.12. The Kier molecular flexibility index (Phi) is 6.66. The van der Waals surface area contributed by atoms with Gasteiger partial charge in [0.1, 0.15) is 5.75 Å². The van der Waals surface area contributed by atoms with E-state index >= 15 is 0 Å². The Bertz CT molecular complexity index is 887. The van der Waals surface area contributed by atoms with Crippen molar-refractivity contribution in [3.8, 4) is 21.4 Å². The van der Waals surface area contributed by atoms with E-state index in [0.717, 1.165) is 65.4 Å². The molecule has 0 aliphatic carbocycles. The number of nitrogens with one attached hydrogen (secondary N) is 3. The standard InChI is InChI=1S/C21H26N4O3S/c1-26-21-9-8-19(29-21)18-13-20(25-24-18)23-15-4-6-16(7-5-15)27-11-2-3-17-14-22-10-12-28-17/h4-9,13,17,22H,2-3,10-12,14H2,1H3,(H2,23,24,25). The van der Waals surface area contributed by atoms with Crippen LogP contribution in [-0.2, 0) is 4.74 Å². The molecular formula is C21H26N4O3S. The van der Waals surface area contributed by atoms with Crippen LogP contribution >= 0.6 is 11.3 Å². The molecule has 1 aliphatic heterocycles. The summed E-state index contributed by atoms with van der Waals surface area (Å²) in [5.41, 5.74) is 1.92. The van der Waals surface area contributed by atoms with Crippen LogP contribution in [0.4, 0.5) is 11.5 Å². The summed E-state index contributed by atoms with van der Waals surface area (Å²) in [6, 6.07) is 13.9. The van der Waals surface area contributed by atoms with E-state index in [1.54, 1.807) is 18.4 Å². The van der Waals surface area contributed by atoms with Crippen molar-refractivity contribution in [2.75, 3.05) is 38.7 Å². The number of methoxy groups -OCH3 is 1. The lowest BCUT2D eigenvalue weighted by atomic mass is 10.2. The van der Waals surface area contributed by atoms with Gasteiger partial charge in [0, 0.05) is 24.8 Å². The Morgan fingerprint density at radius 3 is 2.90 bits per heavy atom. The molecule has 1 atom stereocenters. The average Bonchev–Trinajstić information content (AvgIpc) is 3.42. The Morgan fingerprint density at radius 2 is 2.14 bits per heavy atom. The van der Waals surface area contributed by atoms with Crippen molar-refractivity contribution >= 4 is 22.8 Å². The molecule has 8 heteroatoms. The third-order valence-corrected chi connectivity index (χ3v) is 5.78. The molecule has 0 radical (unpaired) electrons. The van der Waals surface area contributed by atoms with Crippen LogP contribution in [0.3, 0.4) is 0 Å². The minimum absolute atomic E-state index is 0.313. The van der Waals surface area contributed by atoms with Crippen molar-refractivity contribution in [2.24, 2.45) is 0 Å². The normalized spacial score (nSPS) is 16.5. The number of ether oxygens (including phenoxy) is 3.